The fraction of sp³-hybridized carbons (Fsp3) is 0.556. The van der Waals surface area contributed by atoms with E-state index in [2.05, 4.69) is 12.2 Å². The van der Waals surface area contributed by atoms with Crippen LogP contribution in [0.2, 0.25) is 0 Å². The van der Waals surface area contributed by atoms with Gasteiger partial charge in [-0.05, 0) is 43.4 Å². The van der Waals surface area contributed by atoms with Crippen molar-refractivity contribution < 1.29 is 19.4 Å². The van der Waals surface area contributed by atoms with Crippen LogP contribution in [0, 0.1) is 11.8 Å². The van der Waals surface area contributed by atoms with E-state index in [9.17, 15) is 9.59 Å². The molecule has 5 nitrogen and oxygen atoms in total. The summed E-state index contributed by atoms with van der Waals surface area (Å²) >= 11 is 0. The van der Waals surface area contributed by atoms with Crippen LogP contribution >= 0.6 is 0 Å². The van der Waals surface area contributed by atoms with Gasteiger partial charge in [0.15, 0.2) is 0 Å². The Hall–Kier alpha value is -2.04. The molecule has 1 saturated carbocycles. The Bertz CT molecular complexity index is 526. The number of benzene rings is 1. The monoisotopic (exact) mass is 319 g/mol. The van der Waals surface area contributed by atoms with Crippen molar-refractivity contribution >= 4 is 11.9 Å². The molecule has 0 bridgehead atoms. The molecule has 0 aliphatic heterocycles. The molecule has 1 aromatic carbocycles. The van der Waals surface area contributed by atoms with Crippen LogP contribution in [0.15, 0.2) is 24.3 Å². The maximum Gasteiger partial charge on any atom is 0.306 e. The van der Waals surface area contributed by atoms with Gasteiger partial charge in [-0.2, -0.15) is 0 Å². The van der Waals surface area contributed by atoms with Crippen molar-refractivity contribution in [1.82, 2.24) is 5.32 Å². The normalized spacial score (nSPS) is 20.7. The molecule has 1 aromatic rings. The van der Waals surface area contributed by atoms with Crippen molar-refractivity contribution in [2.24, 2.45) is 11.8 Å². The zero-order chi connectivity index (χ0) is 16.7. The van der Waals surface area contributed by atoms with E-state index in [0.717, 1.165) is 30.6 Å². The van der Waals surface area contributed by atoms with Crippen molar-refractivity contribution in [3.63, 3.8) is 0 Å². The number of carbonyl (C=O) groups excluding carboxylic acids is 1. The Kier molecular flexibility index (Phi) is 6.44. The zero-order valence-electron chi connectivity index (χ0n) is 13.6. The van der Waals surface area contributed by atoms with Gasteiger partial charge in [-0.3, -0.25) is 9.59 Å². The summed E-state index contributed by atoms with van der Waals surface area (Å²) in [5, 5.41) is 12.0. The van der Waals surface area contributed by atoms with Crippen molar-refractivity contribution in [1.29, 1.82) is 0 Å². The third-order valence-electron chi connectivity index (χ3n) is 4.26. The van der Waals surface area contributed by atoms with Crippen LogP contribution in [0.5, 0.6) is 5.75 Å². The Morgan fingerprint density at radius 2 is 1.91 bits per heavy atom. The van der Waals surface area contributed by atoms with Gasteiger partial charge < -0.3 is 15.2 Å². The van der Waals surface area contributed by atoms with E-state index in [0.29, 0.717) is 26.0 Å². The van der Waals surface area contributed by atoms with Crippen LogP contribution < -0.4 is 10.1 Å². The number of rotatable bonds is 7. The summed E-state index contributed by atoms with van der Waals surface area (Å²) in [6, 6.07) is 7.68. The molecule has 2 N–H and O–H groups in total. The number of hydrogen-bond donors (Lipinski definition) is 2. The van der Waals surface area contributed by atoms with Crippen LogP contribution in [0.25, 0.3) is 0 Å². The second-order valence-corrected chi connectivity index (χ2v) is 6.11. The summed E-state index contributed by atoms with van der Waals surface area (Å²) in [7, 11) is 0. The fourth-order valence-corrected chi connectivity index (χ4v) is 2.91. The van der Waals surface area contributed by atoms with E-state index < -0.39 is 5.97 Å². The average molecular weight is 319 g/mol. The lowest BCUT2D eigenvalue weighted by Gasteiger charge is -2.25. The molecule has 2 rings (SSSR count). The Balaban J connectivity index is 1.80. The summed E-state index contributed by atoms with van der Waals surface area (Å²) in [4.78, 5) is 23.3. The molecule has 126 valence electrons. The highest BCUT2D eigenvalue weighted by Crippen LogP contribution is 2.29. The van der Waals surface area contributed by atoms with Crippen molar-refractivity contribution in [3.05, 3.63) is 29.8 Å². The van der Waals surface area contributed by atoms with Crippen molar-refractivity contribution in [3.8, 4) is 5.75 Å². The lowest BCUT2D eigenvalue weighted by molar-refractivity contribution is -0.144. The standard InChI is InChI=1S/C18H25NO4/c1-2-10-23-16-8-6-13(7-9-16)12-19-17(20)14-4-3-5-15(11-14)18(21)22/h6-9,14-15H,2-5,10-12H2,1H3,(H,19,20)(H,21,22). The van der Waals surface area contributed by atoms with Crippen LogP contribution in [0.3, 0.4) is 0 Å². The van der Waals surface area contributed by atoms with Crippen LogP contribution in [0.4, 0.5) is 0 Å². The van der Waals surface area contributed by atoms with Crippen molar-refractivity contribution in [2.75, 3.05) is 6.61 Å². The molecule has 0 aromatic heterocycles. The van der Waals surface area contributed by atoms with Gasteiger partial charge in [-0.15, -0.1) is 0 Å². The second-order valence-electron chi connectivity index (χ2n) is 6.11. The third kappa shape index (κ3) is 5.27. The van der Waals surface area contributed by atoms with E-state index in [4.69, 9.17) is 9.84 Å². The topological polar surface area (TPSA) is 75.6 Å². The summed E-state index contributed by atoms with van der Waals surface area (Å²) in [6.45, 7) is 3.22. The molecule has 1 fully saturated rings. The first-order valence-electron chi connectivity index (χ1n) is 8.32. The first-order valence-corrected chi connectivity index (χ1v) is 8.32. The molecule has 1 amide bonds. The van der Waals surface area contributed by atoms with Gasteiger partial charge in [0.2, 0.25) is 5.91 Å². The largest absolute Gasteiger partial charge is 0.494 e. The number of nitrogens with one attached hydrogen (secondary N) is 1. The van der Waals surface area contributed by atoms with Gasteiger partial charge in [0, 0.05) is 12.5 Å². The van der Waals surface area contributed by atoms with E-state index >= 15 is 0 Å². The number of carboxylic acids is 1. The van der Waals surface area contributed by atoms with Crippen LogP contribution in [0.1, 0.15) is 44.6 Å². The number of amides is 1. The van der Waals surface area contributed by atoms with Crippen LogP contribution in [-0.4, -0.2) is 23.6 Å². The molecular weight excluding hydrogens is 294 g/mol. The lowest BCUT2D eigenvalue weighted by atomic mass is 9.81. The van der Waals surface area contributed by atoms with Gasteiger partial charge in [-0.1, -0.05) is 25.5 Å². The van der Waals surface area contributed by atoms with Crippen LogP contribution in [-0.2, 0) is 16.1 Å². The lowest BCUT2D eigenvalue weighted by Crippen LogP contribution is -2.35. The van der Waals surface area contributed by atoms with Gasteiger partial charge >= 0.3 is 5.97 Å². The van der Waals surface area contributed by atoms with Gasteiger partial charge in [0.1, 0.15) is 5.75 Å². The summed E-state index contributed by atoms with van der Waals surface area (Å²) in [5.74, 6) is -0.558. The maximum atomic E-state index is 12.2. The molecule has 0 radical (unpaired) electrons. The number of carbonyl (C=O) groups is 2. The summed E-state index contributed by atoms with van der Waals surface area (Å²) < 4.78 is 5.52. The van der Waals surface area contributed by atoms with E-state index in [1.54, 1.807) is 0 Å². The molecule has 5 heteroatoms. The Labute approximate surface area is 137 Å². The average Bonchev–Trinajstić information content (AvgIpc) is 2.58. The minimum absolute atomic E-state index is 0.0396. The molecule has 1 aliphatic rings. The number of ether oxygens (including phenoxy) is 1. The molecule has 0 saturated heterocycles. The molecule has 2 atom stereocenters. The minimum atomic E-state index is -0.787. The summed E-state index contributed by atoms with van der Waals surface area (Å²) in [6.07, 6.45) is 3.68. The first-order chi connectivity index (χ1) is 11.1. The van der Waals surface area contributed by atoms with Gasteiger partial charge in [0.05, 0.1) is 12.5 Å². The Morgan fingerprint density at radius 3 is 2.57 bits per heavy atom. The molecular formula is C18H25NO4. The van der Waals surface area contributed by atoms with E-state index in [1.165, 1.54) is 0 Å². The highest BCUT2D eigenvalue weighted by Gasteiger charge is 2.30. The molecule has 23 heavy (non-hydrogen) atoms. The number of aliphatic carboxylic acids is 1. The zero-order valence-corrected chi connectivity index (χ0v) is 13.6. The smallest absolute Gasteiger partial charge is 0.306 e. The molecule has 0 heterocycles. The summed E-state index contributed by atoms with van der Waals surface area (Å²) in [5.41, 5.74) is 1.01. The fourth-order valence-electron chi connectivity index (χ4n) is 2.91. The van der Waals surface area contributed by atoms with E-state index in [-0.39, 0.29) is 17.7 Å². The number of hydrogen-bond acceptors (Lipinski definition) is 3. The molecule has 1 aliphatic carbocycles. The predicted molar refractivity (Wildman–Crippen MR) is 87.2 cm³/mol. The first kappa shape index (κ1) is 17.3. The van der Waals surface area contributed by atoms with Gasteiger partial charge in [-0.25, -0.2) is 0 Å². The highest BCUT2D eigenvalue weighted by molar-refractivity contribution is 5.80. The second kappa shape index (κ2) is 8.56. The predicted octanol–water partition coefficient (Wildman–Crippen LogP) is 2.98. The third-order valence-corrected chi connectivity index (χ3v) is 4.26. The highest BCUT2D eigenvalue weighted by atomic mass is 16.5. The SMILES string of the molecule is CCCOc1ccc(CNC(=O)C2CCCC(C(=O)O)C2)cc1. The molecule has 2 unspecified atom stereocenters. The number of carboxylic acid groups (broad SMARTS) is 1. The van der Waals surface area contributed by atoms with E-state index in [1.807, 2.05) is 24.3 Å². The van der Waals surface area contributed by atoms with Gasteiger partial charge in [0.25, 0.3) is 0 Å². The Morgan fingerprint density at radius 1 is 1.22 bits per heavy atom. The quantitative estimate of drug-likeness (QED) is 0.810. The van der Waals surface area contributed by atoms with Crippen molar-refractivity contribution in [2.45, 2.75) is 45.6 Å². The molecule has 0 spiro atoms. The maximum absolute atomic E-state index is 12.2. The minimum Gasteiger partial charge on any atom is -0.494 e.